The van der Waals surface area contributed by atoms with Crippen LogP contribution in [0.15, 0.2) is 36.0 Å². The van der Waals surface area contributed by atoms with Crippen molar-refractivity contribution in [3.8, 4) is 0 Å². The Morgan fingerprint density at radius 3 is 2.44 bits per heavy atom. The molecule has 1 aromatic carbocycles. The van der Waals surface area contributed by atoms with E-state index in [1.165, 1.54) is 34.6 Å². The number of hydrogen-bond acceptors (Lipinski definition) is 4. The summed E-state index contributed by atoms with van der Waals surface area (Å²) in [6, 6.07) is 6.13. The molecular weight excluding hydrogens is 252 g/mol. The molecule has 0 fully saturated rings. The van der Waals surface area contributed by atoms with E-state index in [2.05, 4.69) is 4.98 Å². The maximum absolute atomic E-state index is 12.0. The Morgan fingerprint density at radius 2 is 1.94 bits per heavy atom. The molecule has 0 aliphatic rings. The molecule has 92 valence electrons. The number of benzene rings is 1. The zero-order valence-electron chi connectivity index (χ0n) is 9.53. The highest BCUT2D eigenvalue weighted by atomic mass is 32.1. The maximum atomic E-state index is 12.0. The molecule has 18 heavy (non-hydrogen) atoms. The van der Waals surface area contributed by atoms with Gasteiger partial charge in [0, 0.05) is 12.7 Å². The third-order valence-electron chi connectivity index (χ3n) is 2.45. The normalized spacial score (nSPS) is 10.1. The minimum Gasteiger partial charge on any atom is -0.478 e. The predicted molar refractivity (Wildman–Crippen MR) is 68.2 cm³/mol. The molecule has 0 bridgehead atoms. The SMILES string of the molecule is CN(C(=O)c1cncs1)c1ccc(C(=O)O)cc1. The van der Waals surface area contributed by atoms with E-state index in [4.69, 9.17) is 5.11 Å². The molecule has 1 heterocycles. The molecule has 1 aromatic heterocycles. The lowest BCUT2D eigenvalue weighted by Gasteiger charge is -2.16. The first kappa shape index (κ1) is 12.3. The zero-order valence-corrected chi connectivity index (χ0v) is 10.3. The van der Waals surface area contributed by atoms with E-state index in [9.17, 15) is 9.59 Å². The Bertz CT molecular complexity index is 564. The molecule has 1 amide bonds. The quantitative estimate of drug-likeness (QED) is 0.919. The van der Waals surface area contributed by atoms with Gasteiger partial charge in [0.1, 0.15) is 4.88 Å². The molecule has 1 N–H and O–H groups in total. The van der Waals surface area contributed by atoms with Crippen LogP contribution in [-0.2, 0) is 0 Å². The third kappa shape index (κ3) is 2.38. The summed E-state index contributed by atoms with van der Waals surface area (Å²) in [6.07, 6.45) is 1.51. The zero-order chi connectivity index (χ0) is 13.1. The van der Waals surface area contributed by atoms with Crippen LogP contribution in [0.25, 0.3) is 0 Å². The Kier molecular flexibility index (Phi) is 3.38. The first-order valence-corrected chi connectivity index (χ1v) is 5.97. The Hall–Kier alpha value is -2.21. The molecule has 0 unspecified atom stereocenters. The highest BCUT2D eigenvalue weighted by Crippen LogP contribution is 2.18. The smallest absolute Gasteiger partial charge is 0.335 e. The van der Waals surface area contributed by atoms with Gasteiger partial charge >= 0.3 is 5.97 Å². The van der Waals surface area contributed by atoms with E-state index in [0.29, 0.717) is 10.6 Å². The van der Waals surface area contributed by atoms with Gasteiger partial charge < -0.3 is 10.0 Å². The van der Waals surface area contributed by atoms with Gasteiger partial charge in [-0.25, -0.2) is 4.79 Å². The summed E-state index contributed by atoms with van der Waals surface area (Å²) in [6.45, 7) is 0. The van der Waals surface area contributed by atoms with Crippen molar-refractivity contribution < 1.29 is 14.7 Å². The highest BCUT2D eigenvalue weighted by Gasteiger charge is 2.15. The monoisotopic (exact) mass is 262 g/mol. The van der Waals surface area contributed by atoms with Crippen LogP contribution < -0.4 is 4.90 Å². The summed E-state index contributed by atoms with van der Waals surface area (Å²) >= 11 is 1.27. The first-order valence-electron chi connectivity index (χ1n) is 5.09. The largest absolute Gasteiger partial charge is 0.478 e. The number of aromatic carboxylic acids is 1. The molecule has 5 nitrogen and oxygen atoms in total. The summed E-state index contributed by atoms with van der Waals surface area (Å²) in [5.41, 5.74) is 2.42. The summed E-state index contributed by atoms with van der Waals surface area (Å²) in [7, 11) is 1.64. The fraction of sp³-hybridized carbons (Fsp3) is 0.0833. The molecule has 0 saturated heterocycles. The van der Waals surface area contributed by atoms with Crippen molar-refractivity contribution in [1.29, 1.82) is 0 Å². The average Bonchev–Trinajstić information content (AvgIpc) is 2.91. The van der Waals surface area contributed by atoms with E-state index in [1.54, 1.807) is 24.7 Å². The van der Waals surface area contributed by atoms with E-state index >= 15 is 0 Å². The highest BCUT2D eigenvalue weighted by molar-refractivity contribution is 7.11. The predicted octanol–water partition coefficient (Wildman–Crippen LogP) is 2.12. The molecule has 2 aromatic rings. The van der Waals surface area contributed by atoms with Gasteiger partial charge in [-0.05, 0) is 24.3 Å². The second kappa shape index (κ2) is 4.97. The molecule has 0 aliphatic heterocycles. The first-order chi connectivity index (χ1) is 8.59. The second-order valence-corrected chi connectivity index (χ2v) is 4.47. The van der Waals surface area contributed by atoms with Crippen LogP contribution in [-0.4, -0.2) is 29.0 Å². The molecule has 0 aliphatic carbocycles. The lowest BCUT2D eigenvalue weighted by atomic mass is 10.2. The summed E-state index contributed by atoms with van der Waals surface area (Å²) < 4.78 is 0. The fourth-order valence-electron chi connectivity index (χ4n) is 1.43. The van der Waals surface area contributed by atoms with E-state index in [1.807, 2.05) is 0 Å². The van der Waals surface area contributed by atoms with Gasteiger partial charge in [-0.15, -0.1) is 11.3 Å². The van der Waals surface area contributed by atoms with Crippen LogP contribution in [0.3, 0.4) is 0 Å². The van der Waals surface area contributed by atoms with Crippen LogP contribution >= 0.6 is 11.3 Å². The Balaban J connectivity index is 2.21. The van der Waals surface area contributed by atoms with Gasteiger partial charge in [0.15, 0.2) is 0 Å². The van der Waals surface area contributed by atoms with Gasteiger partial charge in [-0.1, -0.05) is 0 Å². The van der Waals surface area contributed by atoms with Crippen LogP contribution in [0.1, 0.15) is 20.0 Å². The Morgan fingerprint density at radius 1 is 1.28 bits per heavy atom. The van der Waals surface area contributed by atoms with Crippen LogP contribution in [0.2, 0.25) is 0 Å². The molecule has 2 rings (SSSR count). The van der Waals surface area contributed by atoms with Crippen molar-refractivity contribution in [3.63, 3.8) is 0 Å². The second-order valence-electron chi connectivity index (χ2n) is 3.58. The van der Waals surface area contributed by atoms with Crippen LogP contribution in [0.5, 0.6) is 0 Å². The summed E-state index contributed by atoms with van der Waals surface area (Å²) in [4.78, 5) is 28.6. The number of carboxylic acids is 1. The number of carbonyl (C=O) groups is 2. The van der Waals surface area contributed by atoms with Crippen LogP contribution in [0.4, 0.5) is 5.69 Å². The van der Waals surface area contributed by atoms with E-state index in [0.717, 1.165) is 0 Å². The molecular formula is C12H10N2O3S. The topological polar surface area (TPSA) is 70.5 Å². The van der Waals surface area contributed by atoms with Crippen molar-refractivity contribution in [2.45, 2.75) is 0 Å². The maximum Gasteiger partial charge on any atom is 0.335 e. The standard InChI is InChI=1S/C12H10N2O3S/c1-14(11(15)10-6-13-7-18-10)9-4-2-8(3-5-9)12(16)17/h2-7H,1H3,(H,16,17). The lowest BCUT2D eigenvalue weighted by Crippen LogP contribution is -2.25. The van der Waals surface area contributed by atoms with Crippen molar-refractivity contribution >= 4 is 28.9 Å². The lowest BCUT2D eigenvalue weighted by molar-refractivity contribution is 0.0696. The van der Waals surface area contributed by atoms with Gasteiger partial charge in [0.25, 0.3) is 5.91 Å². The van der Waals surface area contributed by atoms with Crippen molar-refractivity contribution in [1.82, 2.24) is 4.98 Å². The molecule has 6 heteroatoms. The van der Waals surface area contributed by atoms with Gasteiger partial charge in [0.2, 0.25) is 0 Å². The number of rotatable bonds is 3. The summed E-state index contributed by atoms with van der Waals surface area (Å²) in [5, 5.41) is 8.79. The number of amides is 1. The number of hydrogen-bond donors (Lipinski definition) is 1. The number of aromatic nitrogens is 1. The molecule has 0 spiro atoms. The van der Waals surface area contributed by atoms with Crippen molar-refractivity contribution in [2.24, 2.45) is 0 Å². The fourth-order valence-corrected chi connectivity index (χ4v) is 2.03. The number of thiazole rings is 1. The number of nitrogens with zero attached hydrogens (tertiary/aromatic N) is 2. The van der Waals surface area contributed by atoms with Gasteiger partial charge in [0.05, 0.1) is 17.3 Å². The number of carboxylic acid groups (broad SMARTS) is 1. The minimum atomic E-state index is -0.988. The van der Waals surface area contributed by atoms with E-state index in [-0.39, 0.29) is 11.5 Å². The molecule has 0 saturated carbocycles. The molecule has 0 radical (unpaired) electrons. The van der Waals surface area contributed by atoms with Crippen molar-refractivity contribution in [3.05, 3.63) is 46.4 Å². The number of anilines is 1. The number of carbonyl (C=O) groups excluding carboxylic acids is 1. The van der Waals surface area contributed by atoms with Gasteiger partial charge in [-0.2, -0.15) is 0 Å². The summed E-state index contributed by atoms with van der Waals surface area (Å²) in [5.74, 6) is -1.15. The van der Waals surface area contributed by atoms with Crippen LogP contribution in [0, 0.1) is 0 Å². The van der Waals surface area contributed by atoms with Crippen molar-refractivity contribution in [2.75, 3.05) is 11.9 Å². The van der Waals surface area contributed by atoms with E-state index < -0.39 is 5.97 Å². The average molecular weight is 262 g/mol. The molecule has 0 atom stereocenters. The Labute approximate surface area is 107 Å². The third-order valence-corrected chi connectivity index (χ3v) is 3.21. The minimum absolute atomic E-state index is 0.166. The van der Waals surface area contributed by atoms with Gasteiger partial charge in [-0.3, -0.25) is 9.78 Å².